The lowest BCUT2D eigenvalue weighted by Gasteiger charge is -2.29. The fourth-order valence-corrected chi connectivity index (χ4v) is 6.31. The molecular formula is C38H66O5. The Labute approximate surface area is 264 Å². The minimum atomic E-state index is -0.871. The van der Waals surface area contributed by atoms with Crippen LogP contribution in [0.25, 0.3) is 0 Å². The summed E-state index contributed by atoms with van der Waals surface area (Å²) in [6.07, 6.45) is 24.3. The van der Waals surface area contributed by atoms with E-state index in [2.05, 4.69) is 13.8 Å². The Balaban J connectivity index is 2.63. The lowest BCUT2D eigenvalue weighted by Crippen LogP contribution is -2.34. The van der Waals surface area contributed by atoms with Crippen LogP contribution in [-0.4, -0.2) is 28.3 Å². The lowest BCUT2D eigenvalue weighted by atomic mass is 9.80. The number of hydrogen-bond donors (Lipinski definition) is 2. The number of unbranched alkanes of at least 4 members (excludes halogenated alkanes) is 17. The van der Waals surface area contributed by atoms with Crippen molar-refractivity contribution in [2.24, 2.45) is 17.8 Å². The molecular weight excluding hydrogens is 536 g/mol. The molecule has 5 nitrogen and oxygen atoms in total. The van der Waals surface area contributed by atoms with Crippen LogP contribution in [0.4, 0.5) is 0 Å². The van der Waals surface area contributed by atoms with Crippen molar-refractivity contribution in [3.63, 3.8) is 0 Å². The zero-order valence-electron chi connectivity index (χ0n) is 28.1. The van der Waals surface area contributed by atoms with Crippen molar-refractivity contribution >= 4 is 11.9 Å². The highest BCUT2D eigenvalue weighted by molar-refractivity contribution is 5.72. The molecule has 0 saturated heterocycles. The van der Waals surface area contributed by atoms with Crippen LogP contribution in [0.5, 0.6) is 0 Å². The van der Waals surface area contributed by atoms with E-state index in [1.54, 1.807) is 0 Å². The fraction of sp³-hybridized carbons (Fsp3) is 0.789. The number of carboxylic acid groups (broad SMARTS) is 2. The Kier molecular flexibility index (Phi) is 24.1. The third-order valence-electron chi connectivity index (χ3n) is 9.16. The van der Waals surface area contributed by atoms with Crippen LogP contribution >= 0.6 is 0 Å². The van der Waals surface area contributed by atoms with E-state index in [1.807, 2.05) is 37.3 Å². The van der Waals surface area contributed by atoms with Crippen LogP contribution in [0.15, 0.2) is 30.3 Å². The van der Waals surface area contributed by atoms with Gasteiger partial charge in [0.2, 0.25) is 0 Å². The highest BCUT2D eigenvalue weighted by Crippen LogP contribution is 2.31. The maximum atomic E-state index is 12.6. The first-order valence-electron chi connectivity index (χ1n) is 18.0. The second-order valence-electron chi connectivity index (χ2n) is 13.0. The zero-order chi connectivity index (χ0) is 31.5. The van der Waals surface area contributed by atoms with Gasteiger partial charge in [0.15, 0.2) is 0 Å². The van der Waals surface area contributed by atoms with E-state index in [1.165, 1.54) is 89.9 Å². The Morgan fingerprint density at radius 1 is 0.605 bits per heavy atom. The van der Waals surface area contributed by atoms with Gasteiger partial charge < -0.3 is 14.9 Å². The van der Waals surface area contributed by atoms with Gasteiger partial charge in [-0.1, -0.05) is 173 Å². The number of benzene rings is 1. The standard InChI is InChI=1S/C38H66O5/c1-4-6-8-10-12-14-16-17-19-24-28-34(37(39)40)32(3)30-35(38(41)42)36(43-31-33-26-22-21-23-27-33)29-25-20-18-15-13-11-9-7-5-2/h21-23,26-27,32,34-36H,4-20,24-25,28-31H2,1-3H3,(H,39,40)(H,41,42). The SMILES string of the molecule is CCCCCCCCCCCCC(C(=O)O)C(C)CC(C(=O)O)C(CCCCCCCCCCC)OCc1ccccc1. The first-order chi connectivity index (χ1) is 20.9. The molecule has 1 aromatic carbocycles. The van der Waals surface area contributed by atoms with Gasteiger partial charge in [0, 0.05) is 0 Å². The van der Waals surface area contributed by atoms with Crippen LogP contribution < -0.4 is 0 Å². The van der Waals surface area contributed by atoms with Gasteiger partial charge in [-0.15, -0.1) is 0 Å². The quantitative estimate of drug-likeness (QED) is 0.0856. The molecule has 0 saturated carbocycles. The summed E-state index contributed by atoms with van der Waals surface area (Å²) >= 11 is 0. The minimum Gasteiger partial charge on any atom is -0.481 e. The van der Waals surface area contributed by atoms with Crippen LogP contribution in [0.1, 0.15) is 168 Å². The maximum Gasteiger partial charge on any atom is 0.309 e. The van der Waals surface area contributed by atoms with Gasteiger partial charge in [-0.25, -0.2) is 0 Å². The molecule has 5 heteroatoms. The smallest absolute Gasteiger partial charge is 0.309 e. The summed E-state index contributed by atoms with van der Waals surface area (Å²) in [4.78, 5) is 24.8. The van der Waals surface area contributed by atoms with Crippen LogP contribution in [0.2, 0.25) is 0 Å². The highest BCUT2D eigenvalue weighted by atomic mass is 16.5. The molecule has 1 aromatic rings. The molecule has 43 heavy (non-hydrogen) atoms. The summed E-state index contributed by atoms with van der Waals surface area (Å²) < 4.78 is 6.30. The third kappa shape index (κ3) is 19.9. The molecule has 0 amide bonds. The van der Waals surface area contributed by atoms with Gasteiger partial charge >= 0.3 is 11.9 Å². The highest BCUT2D eigenvalue weighted by Gasteiger charge is 2.34. The molecule has 1 rings (SSSR count). The molecule has 0 fully saturated rings. The van der Waals surface area contributed by atoms with E-state index in [9.17, 15) is 19.8 Å². The molecule has 2 N–H and O–H groups in total. The van der Waals surface area contributed by atoms with Crippen molar-refractivity contribution < 1.29 is 24.5 Å². The van der Waals surface area contributed by atoms with Crippen molar-refractivity contribution in [2.75, 3.05) is 0 Å². The van der Waals surface area contributed by atoms with Crippen molar-refractivity contribution in [3.8, 4) is 0 Å². The number of rotatable bonds is 30. The largest absolute Gasteiger partial charge is 0.481 e. The number of ether oxygens (including phenoxy) is 1. The molecule has 0 aromatic heterocycles. The van der Waals surface area contributed by atoms with E-state index < -0.39 is 29.9 Å². The third-order valence-corrected chi connectivity index (χ3v) is 9.16. The van der Waals surface area contributed by atoms with Gasteiger partial charge in [-0.3, -0.25) is 9.59 Å². The van der Waals surface area contributed by atoms with E-state index >= 15 is 0 Å². The fourth-order valence-electron chi connectivity index (χ4n) is 6.31. The Morgan fingerprint density at radius 2 is 1.02 bits per heavy atom. The summed E-state index contributed by atoms with van der Waals surface area (Å²) in [5, 5.41) is 20.3. The van der Waals surface area contributed by atoms with E-state index in [0.29, 0.717) is 25.9 Å². The Hall–Kier alpha value is -1.88. The summed E-state index contributed by atoms with van der Waals surface area (Å²) in [5.41, 5.74) is 1.03. The first-order valence-corrected chi connectivity index (χ1v) is 18.0. The summed E-state index contributed by atoms with van der Waals surface area (Å²) in [6.45, 7) is 6.78. The zero-order valence-corrected chi connectivity index (χ0v) is 28.1. The van der Waals surface area contributed by atoms with Crippen molar-refractivity contribution in [3.05, 3.63) is 35.9 Å². The van der Waals surface area contributed by atoms with Crippen molar-refractivity contribution in [1.82, 2.24) is 0 Å². The van der Waals surface area contributed by atoms with E-state index in [0.717, 1.165) is 37.7 Å². The second kappa shape index (κ2) is 26.5. The van der Waals surface area contributed by atoms with Crippen LogP contribution in [0, 0.1) is 17.8 Å². The van der Waals surface area contributed by atoms with Gasteiger partial charge in [-0.2, -0.15) is 0 Å². The number of carbonyl (C=O) groups is 2. The van der Waals surface area contributed by atoms with Gasteiger partial charge in [-0.05, 0) is 30.7 Å². The average molecular weight is 603 g/mol. The van der Waals surface area contributed by atoms with E-state index in [-0.39, 0.29) is 5.92 Å². The summed E-state index contributed by atoms with van der Waals surface area (Å²) in [7, 11) is 0. The predicted molar refractivity (Wildman–Crippen MR) is 179 cm³/mol. The first kappa shape index (κ1) is 39.1. The normalized spacial score (nSPS) is 14.3. The summed E-state index contributed by atoms with van der Waals surface area (Å²) in [5.74, 6) is -3.11. The van der Waals surface area contributed by atoms with Gasteiger partial charge in [0.1, 0.15) is 0 Å². The van der Waals surface area contributed by atoms with Crippen LogP contribution in [0.3, 0.4) is 0 Å². The van der Waals surface area contributed by atoms with Crippen molar-refractivity contribution in [1.29, 1.82) is 0 Å². The lowest BCUT2D eigenvalue weighted by molar-refractivity contribution is -0.152. The van der Waals surface area contributed by atoms with Gasteiger partial charge in [0.05, 0.1) is 24.5 Å². The Morgan fingerprint density at radius 3 is 1.47 bits per heavy atom. The monoisotopic (exact) mass is 602 g/mol. The molecule has 0 radical (unpaired) electrons. The second-order valence-corrected chi connectivity index (χ2v) is 13.0. The number of carboxylic acids is 2. The van der Waals surface area contributed by atoms with Crippen molar-refractivity contribution in [2.45, 2.75) is 175 Å². The topological polar surface area (TPSA) is 83.8 Å². The summed E-state index contributed by atoms with van der Waals surface area (Å²) in [6, 6.07) is 9.90. The number of aliphatic carboxylic acids is 2. The molecule has 4 unspecified atom stereocenters. The molecule has 0 bridgehead atoms. The van der Waals surface area contributed by atoms with Gasteiger partial charge in [0.25, 0.3) is 0 Å². The van der Waals surface area contributed by atoms with E-state index in [4.69, 9.17) is 4.74 Å². The molecule has 0 aliphatic rings. The van der Waals surface area contributed by atoms with Crippen LogP contribution in [-0.2, 0) is 20.9 Å². The Bertz CT molecular complexity index is 795. The number of hydrogen-bond acceptors (Lipinski definition) is 3. The minimum absolute atomic E-state index is 0.219. The molecule has 0 aliphatic carbocycles. The molecule has 4 atom stereocenters. The molecule has 0 aliphatic heterocycles. The maximum absolute atomic E-state index is 12.6. The predicted octanol–water partition coefficient (Wildman–Crippen LogP) is 11.2. The molecule has 248 valence electrons. The average Bonchev–Trinajstić information content (AvgIpc) is 2.99. The molecule has 0 heterocycles. The molecule has 0 spiro atoms.